The number of hydrogen-bond donors (Lipinski definition) is 1. The molecular formula is C4H8S3. The molecule has 0 aliphatic carbocycles. The van der Waals surface area contributed by atoms with Crippen molar-refractivity contribution in [1.82, 2.24) is 0 Å². The van der Waals surface area contributed by atoms with Crippen LogP contribution in [0.15, 0.2) is 0 Å². The van der Waals surface area contributed by atoms with E-state index in [2.05, 4.69) is 31.8 Å². The summed E-state index contributed by atoms with van der Waals surface area (Å²) in [5.74, 6) is 1.10. The van der Waals surface area contributed by atoms with E-state index in [0.717, 1.165) is 9.28 Å². The molecule has 0 bridgehead atoms. The van der Waals surface area contributed by atoms with Crippen LogP contribution < -0.4 is 0 Å². The first kappa shape index (κ1) is 7.79. The van der Waals surface area contributed by atoms with Crippen LogP contribution in [-0.4, -0.2) is 9.28 Å². The molecule has 0 heterocycles. The fraction of sp³-hybridized carbons (Fsp3) is 0.750. The van der Waals surface area contributed by atoms with E-state index in [9.17, 15) is 0 Å². The Morgan fingerprint density at radius 2 is 2.43 bits per heavy atom. The smallest absolute Gasteiger partial charge is 0.101 e. The summed E-state index contributed by atoms with van der Waals surface area (Å²) in [6.45, 7) is 2.12. The predicted molar refractivity (Wildman–Crippen MR) is 44.3 cm³/mol. The molecule has 0 aromatic heterocycles. The summed E-state index contributed by atoms with van der Waals surface area (Å²) in [4.78, 5) is 0. The van der Waals surface area contributed by atoms with Crippen molar-refractivity contribution in [3.8, 4) is 0 Å². The van der Waals surface area contributed by atoms with Crippen LogP contribution in [0.5, 0.6) is 0 Å². The molecule has 0 nitrogen and oxygen atoms in total. The van der Waals surface area contributed by atoms with Crippen LogP contribution in [0.3, 0.4) is 0 Å². The Kier molecular flexibility index (Phi) is 5.49. The van der Waals surface area contributed by atoms with E-state index in [1.807, 2.05) is 0 Å². The van der Waals surface area contributed by atoms with Crippen molar-refractivity contribution in [2.75, 3.05) is 5.75 Å². The second kappa shape index (κ2) is 4.94. The minimum atomic E-state index is 0.752. The Morgan fingerprint density at radius 3 is 2.57 bits per heavy atom. The van der Waals surface area contributed by atoms with Crippen LogP contribution >= 0.6 is 36.6 Å². The van der Waals surface area contributed by atoms with Gasteiger partial charge in [-0.1, -0.05) is 19.1 Å². The van der Waals surface area contributed by atoms with Crippen LogP contribution in [0.1, 0.15) is 13.3 Å². The Morgan fingerprint density at radius 1 is 1.86 bits per heavy atom. The van der Waals surface area contributed by atoms with Gasteiger partial charge in [0.2, 0.25) is 0 Å². The summed E-state index contributed by atoms with van der Waals surface area (Å²) in [5.41, 5.74) is 0. The number of thiol groups is 1. The normalized spacial score (nSPS) is 8.86. The van der Waals surface area contributed by atoms with Gasteiger partial charge >= 0.3 is 0 Å². The molecule has 0 N–H and O–H groups in total. The van der Waals surface area contributed by atoms with Gasteiger partial charge in [-0.05, 0) is 12.2 Å². The first-order chi connectivity index (χ1) is 3.27. The van der Waals surface area contributed by atoms with Crippen LogP contribution in [0.25, 0.3) is 0 Å². The minimum absolute atomic E-state index is 0.752. The van der Waals surface area contributed by atoms with Crippen LogP contribution in [-0.2, 0) is 0 Å². The van der Waals surface area contributed by atoms with Crippen molar-refractivity contribution in [2.24, 2.45) is 0 Å². The second-order valence-corrected chi connectivity index (χ2v) is 3.94. The van der Waals surface area contributed by atoms with Gasteiger partial charge in [-0.25, -0.2) is 0 Å². The highest BCUT2D eigenvalue weighted by Crippen LogP contribution is 2.07. The van der Waals surface area contributed by atoms with E-state index in [1.165, 1.54) is 6.42 Å². The fourth-order valence-corrected chi connectivity index (χ4v) is 1.09. The first-order valence-electron chi connectivity index (χ1n) is 2.13. The topological polar surface area (TPSA) is 0 Å². The maximum atomic E-state index is 4.69. The average Bonchev–Trinajstić information content (AvgIpc) is 1.61. The van der Waals surface area contributed by atoms with Crippen LogP contribution in [0.2, 0.25) is 0 Å². The number of hydrogen-bond acceptors (Lipinski definition) is 2. The molecule has 0 aromatic carbocycles. The standard InChI is InChI=1S/C4H8S3/c1-2-3-7-4(5)6/h2-3H2,1H3,(H,5,6). The van der Waals surface area contributed by atoms with E-state index in [-0.39, 0.29) is 0 Å². The summed E-state index contributed by atoms with van der Waals surface area (Å²) in [6, 6.07) is 0. The minimum Gasteiger partial charge on any atom is -0.125 e. The molecule has 0 aliphatic rings. The molecule has 0 aromatic rings. The van der Waals surface area contributed by atoms with Crippen molar-refractivity contribution < 1.29 is 0 Å². The van der Waals surface area contributed by atoms with Gasteiger partial charge in [0.05, 0.1) is 0 Å². The monoisotopic (exact) mass is 152 g/mol. The molecule has 0 saturated heterocycles. The predicted octanol–water partition coefficient (Wildman–Crippen LogP) is 2.34. The zero-order valence-electron chi connectivity index (χ0n) is 4.18. The summed E-state index contributed by atoms with van der Waals surface area (Å²) in [7, 11) is 0. The Balaban J connectivity index is 2.82. The molecular weight excluding hydrogens is 144 g/mol. The van der Waals surface area contributed by atoms with Gasteiger partial charge in [0.25, 0.3) is 0 Å². The van der Waals surface area contributed by atoms with Gasteiger partial charge in [0.15, 0.2) is 0 Å². The number of thioether (sulfide) groups is 1. The molecule has 7 heavy (non-hydrogen) atoms. The lowest BCUT2D eigenvalue weighted by Gasteiger charge is -1.88. The van der Waals surface area contributed by atoms with Gasteiger partial charge in [-0.2, -0.15) is 0 Å². The van der Waals surface area contributed by atoms with Crippen molar-refractivity contribution in [2.45, 2.75) is 13.3 Å². The molecule has 0 unspecified atom stereocenters. The van der Waals surface area contributed by atoms with Crippen molar-refractivity contribution in [3.63, 3.8) is 0 Å². The van der Waals surface area contributed by atoms with E-state index >= 15 is 0 Å². The highest BCUT2D eigenvalue weighted by Gasteiger charge is 1.84. The summed E-state index contributed by atoms with van der Waals surface area (Å²) in [5, 5.41) is 0. The molecule has 3 heteroatoms. The largest absolute Gasteiger partial charge is 0.125 e. The van der Waals surface area contributed by atoms with E-state index in [4.69, 9.17) is 0 Å². The SMILES string of the molecule is CCCSC(=S)S. The van der Waals surface area contributed by atoms with Crippen molar-refractivity contribution in [3.05, 3.63) is 0 Å². The average molecular weight is 152 g/mol. The van der Waals surface area contributed by atoms with Crippen molar-refractivity contribution in [1.29, 1.82) is 0 Å². The van der Waals surface area contributed by atoms with Crippen LogP contribution in [0, 0.1) is 0 Å². The maximum absolute atomic E-state index is 4.69. The zero-order valence-corrected chi connectivity index (χ0v) is 6.71. The molecule has 0 saturated carbocycles. The van der Waals surface area contributed by atoms with Crippen molar-refractivity contribution >= 4 is 40.1 Å². The third-order valence-corrected chi connectivity index (χ3v) is 2.03. The molecule has 0 radical (unpaired) electrons. The molecule has 0 fully saturated rings. The van der Waals surface area contributed by atoms with E-state index in [1.54, 1.807) is 11.8 Å². The summed E-state index contributed by atoms with van der Waals surface area (Å²) < 4.78 is 0.752. The van der Waals surface area contributed by atoms with Gasteiger partial charge in [-0.3, -0.25) is 0 Å². The Labute approximate surface area is 59.5 Å². The maximum Gasteiger partial charge on any atom is 0.101 e. The lowest BCUT2D eigenvalue weighted by molar-refractivity contribution is 1.11. The number of rotatable bonds is 2. The highest BCUT2D eigenvalue weighted by atomic mass is 32.2. The highest BCUT2D eigenvalue weighted by molar-refractivity contribution is 8.41. The fourth-order valence-electron chi connectivity index (χ4n) is 0.189. The van der Waals surface area contributed by atoms with E-state index in [0.29, 0.717) is 0 Å². The summed E-state index contributed by atoms with van der Waals surface area (Å²) in [6.07, 6.45) is 1.17. The molecule has 0 aliphatic heterocycles. The third kappa shape index (κ3) is 6.79. The molecule has 0 spiro atoms. The Hall–Kier alpha value is 0.790. The quantitative estimate of drug-likeness (QED) is 0.476. The lowest BCUT2D eigenvalue weighted by Crippen LogP contribution is -1.75. The molecule has 42 valence electrons. The molecule has 0 amide bonds. The molecule has 0 rings (SSSR count). The van der Waals surface area contributed by atoms with Gasteiger partial charge < -0.3 is 0 Å². The van der Waals surface area contributed by atoms with Gasteiger partial charge in [-0.15, -0.1) is 24.4 Å². The van der Waals surface area contributed by atoms with Crippen LogP contribution in [0.4, 0.5) is 0 Å². The Bertz CT molecular complexity index is 60.0. The van der Waals surface area contributed by atoms with E-state index < -0.39 is 0 Å². The third-order valence-electron chi connectivity index (χ3n) is 0.430. The second-order valence-electron chi connectivity index (χ2n) is 1.11. The molecule has 0 atom stereocenters. The first-order valence-corrected chi connectivity index (χ1v) is 3.97. The van der Waals surface area contributed by atoms with Gasteiger partial charge in [0.1, 0.15) is 3.53 Å². The lowest BCUT2D eigenvalue weighted by atomic mass is 10.6. The summed E-state index contributed by atoms with van der Waals surface area (Å²) >= 11 is 10.2. The zero-order chi connectivity index (χ0) is 5.70. The van der Waals surface area contributed by atoms with Gasteiger partial charge in [0, 0.05) is 0 Å². The number of thiocarbonyl (C=S) groups is 1.